The Balaban J connectivity index is 0.00000225. The third kappa shape index (κ3) is 4.39. The zero-order valence-corrected chi connectivity index (χ0v) is 15.3. The van der Waals surface area contributed by atoms with Crippen LogP contribution >= 0.6 is 12.4 Å². The van der Waals surface area contributed by atoms with Crippen LogP contribution in [0, 0.1) is 12.3 Å². The predicted molar refractivity (Wildman–Crippen MR) is 99.0 cm³/mol. The average Bonchev–Trinajstić information content (AvgIpc) is 3.03. The maximum atomic E-state index is 12.8. The number of hydrogen-bond donors (Lipinski definition) is 2. The molecule has 1 fully saturated rings. The van der Waals surface area contributed by atoms with E-state index in [9.17, 15) is 4.79 Å². The molecule has 2 N–H and O–H groups in total. The molecule has 7 heteroatoms. The lowest BCUT2D eigenvalue weighted by molar-refractivity contribution is -0.130. The lowest BCUT2D eigenvalue weighted by atomic mass is 9.78. The average molecular weight is 366 g/mol. The summed E-state index contributed by atoms with van der Waals surface area (Å²) in [6.45, 7) is 3.92. The van der Waals surface area contributed by atoms with Crippen molar-refractivity contribution < 1.29 is 13.9 Å². The van der Waals surface area contributed by atoms with E-state index in [4.69, 9.17) is 9.15 Å². The number of aryl methyl sites for hydroxylation is 1. The molecule has 1 amide bonds. The molecule has 0 atom stereocenters. The molecule has 1 aliphatic heterocycles. The number of nitrogens with one attached hydrogen (secondary N) is 2. The van der Waals surface area contributed by atoms with Crippen molar-refractivity contribution in [3.63, 3.8) is 0 Å². The van der Waals surface area contributed by atoms with E-state index in [1.54, 1.807) is 13.3 Å². The van der Waals surface area contributed by atoms with Gasteiger partial charge in [0.25, 0.3) is 0 Å². The Kier molecular flexibility index (Phi) is 6.58. The number of carbonyl (C=O) groups is 1. The number of piperidine rings is 1. The Bertz CT molecular complexity index is 688. The second-order valence-electron chi connectivity index (χ2n) is 6.24. The van der Waals surface area contributed by atoms with Gasteiger partial charge in [-0.05, 0) is 50.2 Å². The van der Waals surface area contributed by atoms with Crippen molar-refractivity contribution in [2.45, 2.75) is 19.8 Å². The first-order chi connectivity index (χ1) is 11.6. The van der Waals surface area contributed by atoms with E-state index in [1.165, 1.54) is 0 Å². The fourth-order valence-corrected chi connectivity index (χ4v) is 3.09. The largest absolute Gasteiger partial charge is 0.441 e. The van der Waals surface area contributed by atoms with Gasteiger partial charge in [-0.15, -0.1) is 12.4 Å². The molecule has 0 aliphatic carbocycles. The van der Waals surface area contributed by atoms with Crippen LogP contribution in [-0.4, -0.2) is 37.7 Å². The van der Waals surface area contributed by atoms with Crippen LogP contribution in [0.5, 0.6) is 0 Å². The highest BCUT2D eigenvalue weighted by Crippen LogP contribution is 2.31. The summed E-state index contributed by atoms with van der Waals surface area (Å²) in [5.74, 6) is 1.38. The molecule has 0 saturated carbocycles. The molecule has 6 nitrogen and oxygen atoms in total. The summed E-state index contributed by atoms with van der Waals surface area (Å²) in [5.41, 5.74) is 1.25. The third-order valence-corrected chi connectivity index (χ3v) is 4.51. The molecule has 0 radical (unpaired) electrons. The highest BCUT2D eigenvalue weighted by Gasteiger charge is 2.39. The molecule has 2 aromatic rings. The zero-order valence-electron chi connectivity index (χ0n) is 14.5. The van der Waals surface area contributed by atoms with Crippen molar-refractivity contribution in [2.24, 2.45) is 5.41 Å². The van der Waals surface area contributed by atoms with Gasteiger partial charge in [0.2, 0.25) is 5.91 Å². The minimum atomic E-state index is -0.458. The molecule has 1 saturated heterocycles. The van der Waals surface area contributed by atoms with Gasteiger partial charge in [0.15, 0.2) is 11.7 Å². The van der Waals surface area contributed by atoms with Crippen molar-refractivity contribution in [2.75, 3.05) is 32.1 Å². The maximum Gasteiger partial charge on any atom is 0.233 e. The second kappa shape index (κ2) is 8.47. The molecule has 3 rings (SSSR count). The number of carbonyl (C=O) groups excluding carboxylic acids is 1. The standard InChI is InChI=1S/C18H23N3O3.ClH/c1-13-20-11-16(24-13)14-3-5-15(6-4-14)21-17(22)18(12-23-2)7-9-19-10-8-18;/h3-6,11,19H,7-10,12H2,1-2H3,(H,21,22);1H. The van der Waals surface area contributed by atoms with E-state index in [2.05, 4.69) is 15.6 Å². The summed E-state index contributed by atoms with van der Waals surface area (Å²) in [6.07, 6.45) is 3.26. The topological polar surface area (TPSA) is 76.4 Å². The Hall–Kier alpha value is -1.89. The maximum absolute atomic E-state index is 12.8. The molecule has 136 valence electrons. The van der Waals surface area contributed by atoms with Gasteiger partial charge in [0.05, 0.1) is 18.2 Å². The first-order valence-electron chi connectivity index (χ1n) is 8.17. The van der Waals surface area contributed by atoms with Crippen LogP contribution in [0.3, 0.4) is 0 Å². The van der Waals surface area contributed by atoms with Crippen molar-refractivity contribution in [1.82, 2.24) is 10.3 Å². The van der Waals surface area contributed by atoms with E-state index < -0.39 is 5.41 Å². The van der Waals surface area contributed by atoms with Gasteiger partial charge >= 0.3 is 0 Å². The summed E-state index contributed by atoms with van der Waals surface area (Å²) < 4.78 is 10.8. The highest BCUT2D eigenvalue weighted by molar-refractivity contribution is 5.95. The zero-order chi connectivity index (χ0) is 17.0. The lowest BCUT2D eigenvalue weighted by Crippen LogP contribution is -2.47. The van der Waals surface area contributed by atoms with E-state index >= 15 is 0 Å². The number of halogens is 1. The highest BCUT2D eigenvalue weighted by atomic mass is 35.5. The van der Waals surface area contributed by atoms with Gasteiger partial charge in [-0.2, -0.15) is 0 Å². The van der Waals surface area contributed by atoms with E-state index in [1.807, 2.05) is 31.2 Å². The van der Waals surface area contributed by atoms with E-state index in [-0.39, 0.29) is 18.3 Å². The minimum Gasteiger partial charge on any atom is -0.441 e. The Labute approximate surface area is 153 Å². The number of rotatable bonds is 5. The number of benzene rings is 1. The quantitative estimate of drug-likeness (QED) is 0.851. The number of ether oxygens (including phenoxy) is 1. The summed E-state index contributed by atoms with van der Waals surface area (Å²) in [6, 6.07) is 7.60. The van der Waals surface area contributed by atoms with Crippen LogP contribution < -0.4 is 10.6 Å². The summed E-state index contributed by atoms with van der Waals surface area (Å²) in [5, 5.41) is 6.32. The Morgan fingerprint density at radius 1 is 1.32 bits per heavy atom. The molecule has 1 aliphatic rings. The van der Waals surface area contributed by atoms with E-state index in [0.29, 0.717) is 12.5 Å². The molecular weight excluding hydrogens is 342 g/mol. The second-order valence-corrected chi connectivity index (χ2v) is 6.24. The number of amides is 1. The van der Waals surface area contributed by atoms with Crippen LogP contribution in [-0.2, 0) is 9.53 Å². The number of methoxy groups -OCH3 is 1. The summed E-state index contributed by atoms with van der Waals surface area (Å²) in [4.78, 5) is 16.9. The Morgan fingerprint density at radius 2 is 2.00 bits per heavy atom. The van der Waals surface area contributed by atoms with Crippen LogP contribution in [0.4, 0.5) is 5.69 Å². The lowest BCUT2D eigenvalue weighted by Gasteiger charge is -2.35. The van der Waals surface area contributed by atoms with Crippen LogP contribution in [0.1, 0.15) is 18.7 Å². The van der Waals surface area contributed by atoms with Crippen LogP contribution in [0.15, 0.2) is 34.9 Å². The smallest absolute Gasteiger partial charge is 0.233 e. The summed E-state index contributed by atoms with van der Waals surface area (Å²) in [7, 11) is 1.64. The first-order valence-corrected chi connectivity index (χ1v) is 8.17. The molecule has 25 heavy (non-hydrogen) atoms. The number of nitrogens with zero attached hydrogens (tertiary/aromatic N) is 1. The van der Waals surface area contributed by atoms with Crippen LogP contribution in [0.2, 0.25) is 0 Å². The summed E-state index contributed by atoms with van der Waals surface area (Å²) >= 11 is 0. The molecule has 0 spiro atoms. The SMILES string of the molecule is COCC1(C(=O)Nc2ccc(-c3cnc(C)o3)cc2)CCNCC1.Cl. The van der Waals surface area contributed by atoms with Crippen molar-refractivity contribution >= 4 is 24.0 Å². The van der Waals surface area contributed by atoms with Crippen molar-refractivity contribution in [3.05, 3.63) is 36.4 Å². The van der Waals surface area contributed by atoms with Crippen molar-refractivity contribution in [1.29, 1.82) is 0 Å². The fourth-order valence-electron chi connectivity index (χ4n) is 3.09. The number of oxazole rings is 1. The van der Waals surface area contributed by atoms with Gasteiger partial charge in [-0.25, -0.2) is 4.98 Å². The van der Waals surface area contributed by atoms with Gasteiger partial charge in [0.1, 0.15) is 0 Å². The third-order valence-electron chi connectivity index (χ3n) is 4.51. The van der Waals surface area contributed by atoms with Crippen molar-refractivity contribution in [3.8, 4) is 11.3 Å². The molecule has 1 aromatic carbocycles. The molecule has 2 heterocycles. The molecular formula is C18H24ClN3O3. The molecule has 0 unspecified atom stereocenters. The van der Waals surface area contributed by atoms with E-state index in [0.717, 1.165) is 42.9 Å². The fraction of sp³-hybridized carbons (Fsp3) is 0.444. The van der Waals surface area contributed by atoms with Gasteiger partial charge < -0.3 is 19.8 Å². The number of hydrogen-bond acceptors (Lipinski definition) is 5. The van der Waals surface area contributed by atoms with Gasteiger partial charge in [-0.3, -0.25) is 4.79 Å². The van der Waals surface area contributed by atoms with Gasteiger partial charge in [0, 0.05) is 25.3 Å². The first kappa shape index (κ1) is 19.4. The Morgan fingerprint density at radius 3 is 2.56 bits per heavy atom. The number of anilines is 1. The number of aromatic nitrogens is 1. The monoisotopic (exact) mass is 365 g/mol. The van der Waals surface area contributed by atoms with Crippen LogP contribution in [0.25, 0.3) is 11.3 Å². The predicted octanol–water partition coefficient (Wildman–Crippen LogP) is 3.03. The normalized spacial score (nSPS) is 16.1. The molecule has 1 aromatic heterocycles. The van der Waals surface area contributed by atoms with Gasteiger partial charge in [-0.1, -0.05) is 0 Å². The molecule has 0 bridgehead atoms. The minimum absolute atomic E-state index is 0.